The molecule has 17 heavy (non-hydrogen) atoms. The second kappa shape index (κ2) is 5.51. The van der Waals surface area contributed by atoms with Crippen LogP contribution in [0, 0.1) is 5.92 Å². The minimum atomic E-state index is 0.00715. The number of halogens is 1. The van der Waals surface area contributed by atoms with Crippen LogP contribution in [0.1, 0.15) is 19.3 Å². The number of aromatic nitrogens is 2. The molecular weight excluding hydrogens is 240 g/mol. The van der Waals surface area contributed by atoms with Crippen molar-refractivity contribution in [1.29, 1.82) is 0 Å². The van der Waals surface area contributed by atoms with Gasteiger partial charge < -0.3 is 11.1 Å². The topological polar surface area (TPSA) is 72.9 Å². The van der Waals surface area contributed by atoms with Crippen LogP contribution in [-0.2, 0) is 11.3 Å². The summed E-state index contributed by atoms with van der Waals surface area (Å²) in [5, 5.41) is 7.43. The van der Waals surface area contributed by atoms with Gasteiger partial charge in [-0.25, -0.2) is 0 Å². The van der Waals surface area contributed by atoms with E-state index < -0.39 is 0 Å². The second-order valence-corrected chi connectivity index (χ2v) is 4.91. The Morgan fingerprint density at radius 2 is 2.47 bits per heavy atom. The van der Waals surface area contributed by atoms with Gasteiger partial charge in [0, 0.05) is 31.7 Å². The molecule has 0 saturated heterocycles. The number of hydrogen-bond acceptors (Lipinski definition) is 3. The highest BCUT2D eigenvalue weighted by Gasteiger charge is 2.28. The van der Waals surface area contributed by atoms with Gasteiger partial charge in [-0.05, 0) is 18.8 Å². The highest BCUT2D eigenvalue weighted by Crippen LogP contribution is 2.31. The van der Waals surface area contributed by atoms with E-state index in [4.69, 9.17) is 17.3 Å². The van der Waals surface area contributed by atoms with Crippen molar-refractivity contribution in [2.75, 3.05) is 6.54 Å². The van der Waals surface area contributed by atoms with Crippen molar-refractivity contribution >= 4 is 17.5 Å². The van der Waals surface area contributed by atoms with Crippen LogP contribution >= 0.6 is 11.6 Å². The van der Waals surface area contributed by atoms with Crippen molar-refractivity contribution in [1.82, 2.24) is 15.1 Å². The van der Waals surface area contributed by atoms with E-state index >= 15 is 0 Å². The van der Waals surface area contributed by atoms with Gasteiger partial charge in [0.15, 0.2) is 0 Å². The van der Waals surface area contributed by atoms with Crippen molar-refractivity contribution < 1.29 is 4.79 Å². The minimum Gasteiger partial charge on any atom is -0.354 e. The summed E-state index contributed by atoms with van der Waals surface area (Å²) >= 11 is 5.72. The number of rotatable bonds is 6. The van der Waals surface area contributed by atoms with Gasteiger partial charge in [-0.1, -0.05) is 11.6 Å². The molecule has 0 spiro atoms. The van der Waals surface area contributed by atoms with E-state index in [0.29, 0.717) is 30.5 Å². The quantitative estimate of drug-likeness (QED) is 0.790. The number of nitrogens with zero attached hydrogens (tertiary/aromatic N) is 2. The number of carbonyl (C=O) groups is 1. The molecule has 1 aromatic rings. The molecule has 1 atom stereocenters. The maximum Gasteiger partial charge on any atom is 0.221 e. The van der Waals surface area contributed by atoms with Gasteiger partial charge >= 0.3 is 0 Å². The normalized spacial score (nSPS) is 16.8. The summed E-state index contributed by atoms with van der Waals surface area (Å²) < 4.78 is 1.66. The molecule has 1 saturated carbocycles. The van der Waals surface area contributed by atoms with Gasteiger partial charge in [0.25, 0.3) is 0 Å². The first-order valence-corrected chi connectivity index (χ1v) is 6.23. The Hall–Kier alpha value is -1.07. The van der Waals surface area contributed by atoms with Gasteiger partial charge in [0.1, 0.15) is 0 Å². The molecule has 94 valence electrons. The van der Waals surface area contributed by atoms with Gasteiger partial charge in [-0.3, -0.25) is 9.48 Å². The first-order chi connectivity index (χ1) is 8.15. The zero-order valence-corrected chi connectivity index (χ0v) is 10.4. The monoisotopic (exact) mass is 256 g/mol. The fourth-order valence-corrected chi connectivity index (χ4v) is 1.84. The van der Waals surface area contributed by atoms with E-state index in [-0.39, 0.29) is 11.9 Å². The molecule has 1 aromatic heterocycles. The molecule has 1 heterocycles. The Morgan fingerprint density at radius 3 is 3.06 bits per heavy atom. The molecule has 3 N–H and O–H groups in total. The summed E-state index contributed by atoms with van der Waals surface area (Å²) in [4.78, 5) is 11.5. The van der Waals surface area contributed by atoms with E-state index in [1.807, 2.05) is 0 Å². The van der Waals surface area contributed by atoms with Crippen molar-refractivity contribution in [3.63, 3.8) is 0 Å². The Balaban J connectivity index is 1.63. The van der Waals surface area contributed by atoms with E-state index in [9.17, 15) is 4.79 Å². The molecule has 1 amide bonds. The summed E-state index contributed by atoms with van der Waals surface area (Å²) in [6, 6.07) is 0.109. The lowest BCUT2D eigenvalue weighted by Crippen LogP contribution is -2.38. The predicted octanol–water partition coefficient (Wildman–Crippen LogP) is 0.780. The maximum absolute atomic E-state index is 11.5. The Bertz CT molecular complexity index is 389. The number of aryl methyl sites for hydroxylation is 1. The third-order valence-electron chi connectivity index (χ3n) is 2.93. The second-order valence-electron chi connectivity index (χ2n) is 4.48. The summed E-state index contributed by atoms with van der Waals surface area (Å²) in [5.74, 6) is 0.618. The summed E-state index contributed by atoms with van der Waals surface area (Å²) in [7, 11) is 0. The molecular formula is C11H17ClN4O. The van der Waals surface area contributed by atoms with Crippen LogP contribution in [0.4, 0.5) is 0 Å². The van der Waals surface area contributed by atoms with Crippen LogP contribution in [0.2, 0.25) is 5.02 Å². The van der Waals surface area contributed by atoms with E-state index in [0.717, 1.165) is 0 Å². The maximum atomic E-state index is 11.5. The molecule has 0 bridgehead atoms. The number of amides is 1. The smallest absolute Gasteiger partial charge is 0.221 e. The lowest BCUT2D eigenvalue weighted by molar-refractivity contribution is -0.121. The van der Waals surface area contributed by atoms with Crippen LogP contribution < -0.4 is 11.1 Å². The minimum absolute atomic E-state index is 0.00715. The zero-order chi connectivity index (χ0) is 12.3. The summed E-state index contributed by atoms with van der Waals surface area (Å²) in [6.45, 7) is 1.11. The highest BCUT2D eigenvalue weighted by molar-refractivity contribution is 6.30. The van der Waals surface area contributed by atoms with Gasteiger partial charge in [-0.15, -0.1) is 0 Å². The van der Waals surface area contributed by atoms with E-state index in [2.05, 4.69) is 10.4 Å². The van der Waals surface area contributed by atoms with Crippen molar-refractivity contribution in [3.8, 4) is 0 Å². The Morgan fingerprint density at radius 1 is 1.71 bits per heavy atom. The van der Waals surface area contributed by atoms with Crippen molar-refractivity contribution in [3.05, 3.63) is 17.4 Å². The zero-order valence-electron chi connectivity index (χ0n) is 9.60. The molecule has 1 aliphatic carbocycles. The van der Waals surface area contributed by atoms with Crippen molar-refractivity contribution in [2.24, 2.45) is 11.7 Å². The number of carbonyl (C=O) groups excluding carboxylic acids is 1. The highest BCUT2D eigenvalue weighted by atomic mass is 35.5. The van der Waals surface area contributed by atoms with Crippen LogP contribution in [-0.4, -0.2) is 28.3 Å². The third-order valence-corrected chi connectivity index (χ3v) is 3.13. The third kappa shape index (κ3) is 4.02. The number of hydrogen-bond donors (Lipinski definition) is 2. The molecule has 1 aliphatic rings. The largest absolute Gasteiger partial charge is 0.354 e. The van der Waals surface area contributed by atoms with E-state index in [1.165, 1.54) is 12.8 Å². The standard InChI is InChI=1S/C11H17ClN4O/c12-9-5-15-16(7-9)4-3-11(17)14-6-10(13)8-1-2-8/h5,7-8,10H,1-4,6,13H2,(H,14,17). The molecule has 1 fully saturated rings. The van der Waals surface area contributed by atoms with Gasteiger partial charge in [0.05, 0.1) is 11.2 Å². The van der Waals surface area contributed by atoms with Crippen LogP contribution in [0.25, 0.3) is 0 Å². The number of nitrogens with one attached hydrogen (secondary N) is 1. The molecule has 0 aliphatic heterocycles. The molecule has 0 aromatic carbocycles. The van der Waals surface area contributed by atoms with Gasteiger partial charge in [-0.2, -0.15) is 5.10 Å². The van der Waals surface area contributed by atoms with Crippen LogP contribution in [0.15, 0.2) is 12.4 Å². The number of nitrogens with two attached hydrogens (primary N) is 1. The first-order valence-electron chi connectivity index (χ1n) is 5.85. The lowest BCUT2D eigenvalue weighted by atomic mass is 10.2. The fourth-order valence-electron chi connectivity index (χ4n) is 1.69. The molecule has 0 radical (unpaired) electrons. The van der Waals surface area contributed by atoms with Crippen LogP contribution in [0.5, 0.6) is 0 Å². The first kappa shape index (κ1) is 12.4. The Kier molecular flexibility index (Phi) is 4.02. The van der Waals surface area contributed by atoms with Crippen molar-refractivity contribution in [2.45, 2.75) is 31.8 Å². The lowest BCUT2D eigenvalue weighted by Gasteiger charge is -2.11. The van der Waals surface area contributed by atoms with Crippen LogP contribution in [0.3, 0.4) is 0 Å². The fraction of sp³-hybridized carbons (Fsp3) is 0.636. The summed E-state index contributed by atoms with van der Waals surface area (Å²) in [6.07, 6.45) is 6.05. The van der Waals surface area contributed by atoms with E-state index in [1.54, 1.807) is 17.1 Å². The molecule has 1 unspecified atom stereocenters. The predicted molar refractivity (Wildman–Crippen MR) is 65.6 cm³/mol. The summed E-state index contributed by atoms with van der Waals surface area (Å²) in [5.41, 5.74) is 5.89. The molecule has 6 heteroatoms. The average molecular weight is 257 g/mol. The Labute approximate surface area is 105 Å². The average Bonchev–Trinajstić information content (AvgIpc) is 3.07. The molecule has 5 nitrogen and oxygen atoms in total. The SMILES string of the molecule is NC(CNC(=O)CCn1cc(Cl)cn1)C1CC1. The van der Waals surface area contributed by atoms with Gasteiger partial charge in [0.2, 0.25) is 5.91 Å². The molecule has 2 rings (SSSR count).